The van der Waals surface area contributed by atoms with Gasteiger partial charge in [0.25, 0.3) is 0 Å². The number of methoxy groups -OCH3 is 1. The fourth-order valence-electron chi connectivity index (χ4n) is 4.33. The van der Waals surface area contributed by atoms with Crippen LogP contribution in [-0.2, 0) is 11.2 Å². The first-order valence-corrected chi connectivity index (χ1v) is 11.5. The summed E-state index contributed by atoms with van der Waals surface area (Å²) in [5.74, 6) is 1.83. The molecule has 9 nitrogen and oxygen atoms in total. The van der Waals surface area contributed by atoms with Crippen molar-refractivity contribution in [3.05, 3.63) is 48.2 Å². The number of aromatic nitrogens is 2. The number of aryl methyl sites for hydroxylation is 1. The number of fused-ring (bicyclic) bond motifs is 2. The van der Waals surface area contributed by atoms with Crippen LogP contribution in [0, 0.1) is 0 Å². The number of benzene rings is 1. The highest BCUT2D eigenvalue weighted by Gasteiger charge is 2.37. The standard InChI is InChI=1S/C25H27N3O6/c1-31-23-9-7-18-24(27-23)16(10-11-26-18)4-2-3-5-19(29)22-15-28(25(30)34-22)17-6-8-20-21(14-17)33-13-12-32-20/h6-11,14,19,22,29H,2-5,12-13,15H2,1H3/t19-,22-/m0/s1. The van der Waals surface area contributed by atoms with Crippen molar-refractivity contribution in [2.45, 2.75) is 37.9 Å². The van der Waals surface area contributed by atoms with E-state index >= 15 is 0 Å². The number of nitrogens with zero attached hydrogens (tertiary/aromatic N) is 3. The Morgan fingerprint density at radius 2 is 2.00 bits per heavy atom. The van der Waals surface area contributed by atoms with Crippen molar-refractivity contribution in [1.29, 1.82) is 0 Å². The third kappa shape index (κ3) is 4.56. The van der Waals surface area contributed by atoms with Gasteiger partial charge >= 0.3 is 6.09 Å². The minimum absolute atomic E-state index is 0.290. The van der Waals surface area contributed by atoms with Gasteiger partial charge in [-0.15, -0.1) is 0 Å². The van der Waals surface area contributed by atoms with Crippen molar-refractivity contribution >= 4 is 22.8 Å². The van der Waals surface area contributed by atoms with Crippen LogP contribution < -0.4 is 19.1 Å². The quantitative estimate of drug-likeness (QED) is 0.504. The first kappa shape index (κ1) is 22.2. The van der Waals surface area contributed by atoms with Crippen molar-refractivity contribution in [2.24, 2.45) is 0 Å². The first-order valence-electron chi connectivity index (χ1n) is 11.5. The SMILES string of the molecule is COc1ccc2nccc(CCCC[C@H](O)[C@@H]3CN(c4ccc5c(c4)OCCO5)C(=O)O3)c2n1. The van der Waals surface area contributed by atoms with Crippen LogP contribution in [-0.4, -0.2) is 60.2 Å². The van der Waals surface area contributed by atoms with Gasteiger partial charge in [0, 0.05) is 18.3 Å². The third-order valence-corrected chi connectivity index (χ3v) is 6.15. The van der Waals surface area contributed by atoms with Crippen molar-refractivity contribution in [2.75, 3.05) is 31.8 Å². The molecule has 2 aliphatic heterocycles. The number of carbonyl (C=O) groups is 1. The summed E-state index contributed by atoms with van der Waals surface area (Å²) in [6.45, 7) is 1.27. The molecular formula is C25H27N3O6. The van der Waals surface area contributed by atoms with Gasteiger partial charge in [0.15, 0.2) is 11.5 Å². The van der Waals surface area contributed by atoms with Crippen molar-refractivity contribution in [1.82, 2.24) is 9.97 Å². The Bertz CT molecular complexity index is 1190. The molecule has 2 aliphatic rings. The number of aliphatic hydroxyl groups excluding tert-OH is 1. The molecule has 5 rings (SSSR count). The molecule has 1 saturated heterocycles. The van der Waals surface area contributed by atoms with Gasteiger partial charge in [-0.05, 0) is 49.1 Å². The second-order valence-corrected chi connectivity index (χ2v) is 8.37. The first-order chi connectivity index (χ1) is 16.6. The Kier molecular flexibility index (Phi) is 6.35. The number of carbonyl (C=O) groups excluding carboxylic acids is 1. The summed E-state index contributed by atoms with van der Waals surface area (Å²) in [6, 6.07) is 11.0. The van der Waals surface area contributed by atoms with Crippen molar-refractivity contribution in [3.63, 3.8) is 0 Å². The van der Waals surface area contributed by atoms with Crippen LogP contribution in [0.2, 0.25) is 0 Å². The Morgan fingerprint density at radius 3 is 2.85 bits per heavy atom. The van der Waals surface area contributed by atoms with Gasteiger partial charge < -0.3 is 24.1 Å². The van der Waals surface area contributed by atoms with E-state index in [1.807, 2.05) is 12.1 Å². The van der Waals surface area contributed by atoms with Crippen LogP contribution in [0.5, 0.6) is 17.4 Å². The molecule has 1 N–H and O–H groups in total. The van der Waals surface area contributed by atoms with Gasteiger partial charge in [-0.2, -0.15) is 0 Å². The van der Waals surface area contributed by atoms with Crippen LogP contribution in [0.1, 0.15) is 24.8 Å². The number of hydrogen-bond acceptors (Lipinski definition) is 8. The fraction of sp³-hybridized carbons (Fsp3) is 0.400. The van der Waals surface area contributed by atoms with E-state index in [9.17, 15) is 9.90 Å². The predicted molar refractivity (Wildman–Crippen MR) is 125 cm³/mol. The second kappa shape index (κ2) is 9.72. The van der Waals surface area contributed by atoms with Gasteiger partial charge in [0.1, 0.15) is 19.3 Å². The second-order valence-electron chi connectivity index (χ2n) is 8.37. The van der Waals surface area contributed by atoms with E-state index in [1.165, 1.54) is 4.90 Å². The maximum absolute atomic E-state index is 12.4. The summed E-state index contributed by atoms with van der Waals surface area (Å²) in [5, 5.41) is 10.7. The van der Waals surface area contributed by atoms with Gasteiger partial charge in [0.2, 0.25) is 5.88 Å². The summed E-state index contributed by atoms with van der Waals surface area (Å²) in [6.07, 6.45) is 2.99. The average molecular weight is 466 g/mol. The molecule has 2 aromatic heterocycles. The molecule has 34 heavy (non-hydrogen) atoms. The number of anilines is 1. The molecular weight excluding hydrogens is 438 g/mol. The summed E-state index contributed by atoms with van der Waals surface area (Å²) in [7, 11) is 1.59. The highest BCUT2D eigenvalue weighted by molar-refractivity contribution is 5.90. The molecule has 0 bridgehead atoms. The monoisotopic (exact) mass is 465 g/mol. The normalized spacial score (nSPS) is 18.1. The van der Waals surface area contributed by atoms with E-state index in [1.54, 1.807) is 37.6 Å². The molecule has 9 heteroatoms. The van der Waals surface area contributed by atoms with Crippen LogP contribution >= 0.6 is 0 Å². The lowest BCUT2D eigenvalue weighted by Gasteiger charge is -2.21. The molecule has 3 aromatic rings. The maximum Gasteiger partial charge on any atom is 0.414 e. The molecule has 1 amide bonds. The predicted octanol–water partition coefficient (Wildman–Crippen LogP) is 3.51. The van der Waals surface area contributed by atoms with Crippen LogP contribution in [0.3, 0.4) is 0 Å². The molecule has 0 saturated carbocycles. The molecule has 4 heterocycles. The minimum atomic E-state index is -0.737. The Hall–Kier alpha value is -3.59. The van der Waals surface area contributed by atoms with Gasteiger partial charge in [0.05, 0.1) is 36.5 Å². The van der Waals surface area contributed by atoms with E-state index in [0.29, 0.717) is 49.2 Å². The van der Waals surface area contributed by atoms with Crippen LogP contribution in [0.4, 0.5) is 10.5 Å². The van der Waals surface area contributed by atoms with Crippen LogP contribution in [0.25, 0.3) is 11.0 Å². The number of unbranched alkanes of at least 4 members (excludes halogenated alkanes) is 1. The molecule has 1 fully saturated rings. The van der Waals surface area contributed by atoms with E-state index in [0.717, 1.165) is 35.9 Å². The molecule has 0 radical (unpaired) electrons. The summed E-state index contributed by atoms with van der Waals surface area (Å²) in [5.41, 5.74) is 3.42. The van der Waals surface area contributed by atoms with Crippen molar-refractivity contribution in [3.8, 4) is 17.4 Å². The molecule has 0 aliphatic carbocycles. The molecule has 1 aromatic carbocycles. The lowest BCUT2D eigenvalue weighted by atomic mass is 10.0. The zero-order valence-corrected chi connectivity index (χ0v) is 19.0. The van der Waals surface area contributed by atoms with E-state index in [2.05, 4.69) is 9.97 Å². The Labute approximate surface area is 197 Å². The highest BCUT2D eigenvalue weighted by Crippen LogP contribution is 2.35. The van der Waals surface area contributed by atoms with Crippen molar-refractivity contribution < 1.29 is 28.8 Å². The van der Waals surface area contributed by atoms with Crippen LogP contribution in [0.15, 0.2) is 42.6 Å². The molecule has 0 spiro atoms. The Balaban J connectivity index is 1.15. The number of ether oxygens (including phenoxy) is 4. The number of rotatable bonds is 8. The van der Waals surface area contributed by atoms with Gasteiger partial charge in [-0.1, -0.05) is 6.42 Å². The summed E-state index contributed by atoms with van der Waals surface area (Å²) < 4.78 is 21.8. The lowest BCUT2D eigenvalue weighted by Crippen LogP contribution is -2.31. The zero-order valence-electron chi connectivity index (χ0n) is 19.0. The van der Waals surface area contributed by atoms with E-state index < -0.39 is 18.3 Å². The molecule has 2 atom stereocenters. The highest BCUT2D eigenvalue weighted by atomic mass is 16.6. The van der Waals surface area contributed by atoms with Gasteiger partial charge in [-0.3, -0.25) is 9.88 Å². The van der Waals surface area contributed by atoms with E-state index in [4.69, 9.17) is 18.9 Å². The number of pyridine rings is 2. The topological polar surface area (TPSA) is 103 Å². The lowest BCUT2D eigenvalue weighted by molar-refractivity contribution is 0.0267. The number of hydrogen-bond donors (Lipinski definition) is 1. The largest absolute Gasteiger partial charge is 0.486 e. The van der Waals surface area contributed by atoms with Gasteiger partial charge in [-0.25, -0.2) is 9.78 Å². The summed E-state index contributed by atoms with van der Waals surface area (Å²) >= 11 is 0. The molecule has 178 valence electrons. The fourth-order valence-corrected chi connectivity index (χ4v) is 4.33. The average Bonchev–Trinajstić information content (AvgIpc) is 3.27. The molecule has 0 unspecified atom stereocenters. The number of cyclic esters (lactones) is 1. The number of amides is 1. The zero-order chi connectivity index (χ0) is 23.5. The smallest absolute Gasteiger partial charge is 0.414 e. The minimum Gasteiger partial charge on any atom is -0.486 e. The Morgan fingerprint density at radius 1 is 1.15 bits per heavy atom. The summed E-state index contributed by atoms with van der Waals surface area (Å²) in [4.78, 5) is 22.9. The maximum atomic E-state index is 12.4. The van der Waals surface area contributed by atoms with E-state index in [-0.39, 0.29) is 0 Å². The third-order valence-electron chi connectivity index (χ3n) is 6.15. The number of aliphatic hydroxyl groups is 1.